The number of nitrogens with zero attached hydrogens (tertiary/aromatic N) is 1. The molecule has 164 valence electrons. The molecule has 1 aliphatic heterocycles. The smallest absolute Gasteiger partial charge is 0.307 e. The maximum atomic E-state index is 12.9. The quantitative estimate of drug-likeness (QED) is 0.741. The Bertz CT molecular complexity index is 898. The van der Waals surface area contributed by atoms with E-state index in [-0.39, 0.29) is 22.6 Å². The molecule has 0 spiro atoms. The third-order valence-corrected chi connectivity index (χ3v) is 9.22. The molecule has 5 rings (SSSR count). The zero-order valence-electron chi connectivity index (χ0n) is 17.3. The molecule has 2 bridgehead atoms. The van der Waals surface area contributed by atoms with Crippen LogP contribution in [0, 0.1) is 29.6 Å². The summed E-state index contributed by atoms with van der Waals surface area (Å²) in [5.41, 5.74) is 0.497. The van der Waals surface area contributed by atoms with Crippen LogP contribution in [0.3, 0.4) is 0 Å². The van der Waals surface area contributed by atoms with Crippen LogP contribution in [0.15, 0.2) is 29.2 Å². The number of nitrogens with one attached hydrogen (secondary N) is 1. The van der Waals surface area contributed by atoms with Gasteiger partial charge >= 0.3 is 5.97 Å². The molecule has 30 heavy (non-hydrogen) atoms. The summed E-state index contributed by atoms with van der Waals surface area (Å²) in [7, 11) is -3.54. The van der Waals surface area contributed by atoms with Gasteiger partial charge in [0.05, 0.1) is 16.7 Å². The summed E-state index contributed by atoms with van der Waals surface area (Å²) >= 11 is 0. The number of carbonyl (C=O) groups excluding carboxylic acids is 1. The first kappa shape index (κ1) is 21.3. The van der Waals surface area contributed by atoms with Crippen molar-refractivity contribution in [3.63, 3.8) is 0 Å². The molecule has 4 aliphatic rings. The summed E-state index contributed by atoms with van der Waals surface area (Å²) in [6, 6.07) is 6.22. The number of aliphatic carboxylic acids is 1. The lowest BCUT2D eigenvalue weighted by atomic mass is 9.58. The van der Waals surface area contributed by atoms with Crippen molar-refractivity contribution >= 4 is 27.6 Å². The normalized spacial score (nSPS) is 30.2. The molecular formula is C22H30N2O5S. The van der Waals surface area contributed by atoms with Gasteiger partial charge in [-0.25, -0.2) is 8.42 Å². The number of fused-ring (bicyclic) bond motifs is 3. The standard InChI is InChI=1S/C22H30N2O5S/c1-14-10-12-24(13-11-14)30(28,29)18-8-6-17(7-9-18)23-21(25)19-15-2-4-16(5-3-15)20(19)22(26)27/h6-9,14-16,19-20H,2-5,10-13H2,1H3,(H,23,25)(H,26,27)/t15?,16?,19-,20+/m1/s1. The molecule has 2 N–H and O–H groups in total. The number of anilines is 1. The summed E-state index contributed by atoms with van der Waals surface area (Å²) in [4.78, 5) is 24.9. The van der Waals surface area contributed by atoms with Crippen molar-refractivity contribution in [2.75, 3.05) is 18.4 Å². The van der Waals surface area contributed by atoms with Crippen molar-refractivity contribution in [3.05, 3.63) is 24.3 Å². The van der Waals surface area contributed by atoms with Gasteiger partial charge in [-0.3, -0.25) is 9.59 Å². The van der Waals surface area contributed by atoms with E-state index >= 15 is 0 Å². The molecule has 4 fully saturated rings. The largest absolute Gasteiger partial charge is 0.481 e. The molecule has 1 heterocycles. The maximum absolute atomic E-state index is 12.9. The van der Waals surface area contributed by atoms with Crippen molar-refractivity contribution < 1.29 is 23.1 Å². The van der Waals surface area contributed by atoms with Gasteiger partial charge in [-0.05, 0) is 80.5 Å². The minimum atomic E-state index is -3.54. The molecule has 1 aromatic rings. The second-order valence-electron chi connectivity index (χ2n) is 9.16. The van der Waals surface area contributed by atoms with Crippen molar-refractivity contribution in [1.82, 2.24) is 4.31 Å². The van der Waals surface area contributed by atoms with Gasteiger partial charge in [0, 0.05) is 18.8 Å². The third kappa shape index (κ3) is 3.99. The average molecular weight is 435 g/mol. The second kappa shape index (κ2) is 8.30. The van der Waals surface area contributed by atoms with E-state index in [2.05, 4.69) is 12.2 Å². The number of hydrogen-bond acceptors (Lipinski definition) is 4. The van der Waals surface area contributed by atoms with E-state index in [0.29, 0.717) is 24.7 Å². The van der Waals surface area contributed by atoms with Crippen molar-refractivity contribution in [1.29, 1.82) is 0 Å². The van der Waals surface area contributed by atoms with Crippen molar-refractivity contribution in [2.24, 2.45) is 29.6 Å². The van der Waals surface area contributed by atoms with Gasteiger partial charge in [0.2, 0.25) is 15.9 Å². The van der Waals surface area contributed by atoms with Gasteiger partial charge in [-0.1, -0.05) is 6.92 Å². The van der Waals surface area contributed by atoms with Gasteiger partial charge in [0.25, 0.3) is 0 Å². The Morgan fingerprint density at radius 1 is 0.933 bits per heavy atom. The highest BCUT2D eigenvalue weighted by Crippen LogP contribution is 2.49. The van der Waals surface area contributed by atoms with Crippen molar-refractivity contribution in [3.8, 4) is 0 Å². The van der Waals surface area contributed by atoms with Crippen LogP contribution in [-0.2, 0) is 19.6 Å². The summed E-state index contributed by atoms with van der Waals surface area (Å²) in [5.74, 6) is -1.58. The Labute approximate surface area is 177 Å². The summed E-state index contributed by atoms with van der Waals surface area (Å²) in [6.07, 6.45) is 5.29. The lowest BCUT2D eigenvalue weighted by molar-refractivity contribution is -0.156. The van der Waals surface area contributed by atoms with Crippen LogP contribution in [0.2, 0.25) is 0 Å². The van der Waals surface area contributed by atoms with Gasteiger partial charge < -0.3 is 10.4 Å². The number of carboxylic acids is 1. The number of rotatable bonds is 5. The zero-order chi connectivity index (χ0) is 21.5. The number of hydrogen-bond donors (Lipinski definition) is 2. The molecule has 1 aromatic carbocycles. The van der Waals surface area contributed by atoms with E-state index in [1.165, 1.54) is 16.4 Å². The summed E-state index contributed by atoms with van der Waals surface area (Å²) in [6.45, 7) is 3.19. The van der Waals surface area contributed by atoms with Crippen LogP contribution in [0.4, 0.5) is 5.69 Å². The number of sulfonamides is 1. The Kier molecular flexibility index (Phi) is 5.90. The van der Waals surface area contributed by atoms with E-state index in [1.54, 1.807) is 12.1 Å². The fourth-order valence-electron chi connectivity index (χ4n) is 5.49. The van der Waals surface area contributed by atoms with Gasteiger partial charge in [-0.15, -0.1) is 0 Å². The minimum Gasteiger partial charge on any atom is -0.481 e. The Morgan fingerprint density at radius 2 is 1.47 bits per heavy atom. The number of benzene rings is 1. The Hall–Kier alpha value is -1.93. The fourth-order valence-corrected chi connectivity index (χ4v) is 6.96. The Morgan fingerprint density at radius 3 is 2.00 bits per heavy atom. The number of piperidine rings is 1. The topological polar surface area (TPSA) is 104 Å². The molecule has 0 unspecified atom stereocenters. The van der Waals surface area contributed by atoms with Crippen LogP contribution in [0.1, 0.15) is 45.4 Å². The molecule has 0 radical (unpaired) electrons. The molecule has 0 aromatic heterocycles. The van der Waals surface area contributed by atoms with E-state index in [1.807, 2.05) is 0 Å². The lowest BCUT2D eigenvalue weighted by Crippen LogP contribution is -2.49. The predicted molar refractivity (Wildman–Crippen MR) is 112 cm³/mol. The lowest BCUT2D eigenvalue weighted by Gasteiger charge is -2.45. The second-order valence-corrected chi connectivity index (χ2v) is 11.1. The van der Waals surface area contributed by atoms with Crippen LogP contribution in [-0.4, -0.2) is 42.8 Å². The average Bonchev–Trinajstić information content (AvgIpc) is 2.74. The third-order valence-electron chi connectivity index (χ3n) is 7.31. The zero-order valence-corrected chi connectivity index (χ0v) is 18.1. The Balaban J connectivity index is 1.46. The number of amides is 1. The maximum Gasteiger partial charge on any atom is 0.307 e. The monoisotopic (exact) mass is 434 g/mol. The summed E-state index contributed by atoms with van der Waals surface area (Å²) in [5, 5.41) is 12.5. The number of carbonyl (C=O) groups is 2. The molecule has 3 saturated carbocycles. The number of carboxylic acid groups (broad SMARTS) is 1. The molecule has 2 atom stereocenters. The van der Waals surface area contributed by atoms with E-state index < -0.39 is 27.8 Å². The molecule has 1 saturated heterocycles. The van der Waals surface area contributed by atoms with Gasteiger partial charge in [-0.2, -0.15) is 4.31 Å². The predicted octanol–water partition coefficient (Wildman–Crippen LogP) is 3.18. The van der Waals surface area contributed by atoms with E-state index in [0.717, 1.165) is 38.5 Å². The van der Waals surface area contributed by atoms with Gasteiger partial charge in [0.1, 0.15) is 0 Å². The van der Waals surface area contributed by atoms with E-state index in [4.69, 9.17) is 0 Å². The van der Waals surface area contributed by atoms with Gasteiger partial charge in [0.15, 0.2) is 0 Å². The molecule has 7 nitrogen and oxygen atoms in total. The first-order chi connectivity index (χ1) is 14.3. The highest BCUT2D eigenvalue weighted by molar-refractivity contribution is 7.89. The molecule has 3 aliphatic carbocycles. The SMILES string of the molecule is CC1CCN(S(=O)(=O)c2ccc(NC(=O)[C@@H]3C4CCC(CC4)[C@@H]3C(=O)O)cc2)CC1. The molecule has 8 heteroatoms. The minimum absolute atomic E-state index is 0.0723. The first-order valence-corrected chi connectivity index (χ1v) is 12.3. The van der Waals surface area contributed by atoms with Crippen LogP contribution in [0.25, 0.3) is 0 Å². The van der Waals surface area contributed by atoms with Crippen LogP contribution >= 0.6 is 0 Å². The van der Waals surface area contributed by atoms with Crippen LogP contribution in [0.5, 0.6) is 0 Å². The molecular weight excluding hydrogens is 404 g/mol. The molecule has 1 amide bonds. The van der Waals surface area contributed by atoms with Crippen molar-refractivity contribution in [2.45, 2.75) is 50.3 Å². The fraction of sp³-hybridized carbons (Fsp3) is 0.636. The van der Waals surface area contributed by atoms with Crippen LogP contribution < -0.4 is 5.32 Å². The first-order valence-electron chi connectivity index (χ1n) is 10.9. The van der Waals surface area contributed by atoms with E-state index in [9.17, 15) is 23.1 Å². The highest BCUT2D eigenvalue weighted by atomic mass is 32.2. The summed E-state index contributed by atoms with van der Waals surface area (Å²) < 4.78 is 27.2. The highest BCUT2D eigenvalue weighted by Gasteiger charge is 2.50.